The van der Waals surface area contributed by atoms with Crippen LogP contribution in [-0.4, -0.2) is 41.0 Å². The zero-order valence-corrected chi connectivity index (χ0v) is 12.6. The first-order chi connectivity index (χ1) is 9.95. The van der Waals surface area contributed by atoms with Crippen molar-refractivity contribution in [2.45, 2.75) is 25.8 Å². The first-order valence-corrected chi connectivity index (χ1v) is 7.36. The monoisotopic (exact) mass is 310 g/mol. The van der Waals surface area contributed by atoms with Crippen LogP contribution in [0.4, 0.5) is 5.69 Å². The molecule has 0 aromatic heterocycles. The summed E-state index contributed by atoms with van der Waals surface area (Å²) in [6, 6.07) is 6.24. The minimum atomic E-state index is -0.860. The molecule has 0 bridgehead atoms. The van der Waals surface area contributed by atoms with E-state index >= 15 is 0 Å². The van der Waals surface area contributed by atoms with Crippen LogP contribution >= 0.6 is 11.6 Å². The summed E-state index contributed by atoms with van der Waals surface area (Å²) in [5.74, 6) is -0.694. The molecule has 114 valence electrons. The van der Waals surface area contributed by atoms with E-state index in [1.165, 1.54) is 0 Å². The summed E-state index contributed by atoms with van der Waals surface area (Å²) in [5.41, 5.74) is 0.654. The quantitative estimate of drug-likeness (QED) is 0.896. The molecule has 5 nitrogen and oxygen atoms in total. The number of anilines is 1. The molecule has 2 rings (SSSR count). The van der Waals surface area contributed by atoms with Crippen LogP contribution in [0.1, 0.15) is 19.8 Å². The lowest BCUT2D eigenvalue weighted by Gasteiger charge is -2.35. The summed E-state index contributed by atoms with van der Waals surface area (Å²) in [6.07, 6.45) is 1.50. The van der Waals surface area contributed by atoms with Gasteiger partial charge in [-0.05, 0) is 49.6 Å². The van der Waals surface area contributed by atoms with Crippen LogP contribution in [0.2, 0.25) is 5.02 Å². The van der Waals surface area contributed by atoms with Gasteiger partial charge in [-0.3, -0.25) is 14.5 Å². The van der Waals surface area contributed by atoms with Crippen molar-refractivity contribution in [1.82, 2.24) is 4.90 Å². The van der Waals surface area contributed by atoms with Gasteiger partial charge in [0.1, 0.15) is 6.04 Å². The number of halogens is 1. The molecule has 1 fully saturated rings. The van der Waals surface area contributed by atoms with Gasteiger partial charge < -0.3 is 10.4 Å². The molecule has 1 aromatic carbocycles. The zero-order chi connectivity index (χ0) is 15.4. The second-order valence-electron chi connectivity index (χ2n) is 5.51. The number of piperidine rings is 1. The summed E-state index contributed by atoms with van der Waals surface area (Å²) in [6.45, 7) is 2.76. The van der Waals surface area contributed by atoms with Crippen LogP contribution in [0.15, 0.2) is 24.3 Å². The zero-order valence-electron chi connectivity index (χ0n) is 11.9. The van der Waals surface area contributed by atoms with Crippen molar-refractivity contribution >= 4 is 29.2 Å². The van der Waals surface area contributed by atoms with E-state index in [2.05, 4.69) is 5.32 Å². The Hall–Kier alpha value is -1.59. The molecule has 0 spiro atoms. The molecule has 2 N–H and O–H groups in total. The van der Waals surface area contributed by atoms with Crippen LogP contribution in [-0.2, 0) is 9.59 Å². The third kappa shape index (κ3) is 4.44. The number of nitrogens with zero attached hydrogens (tertiary/aromatic N) is 1. The average molecular weight is 311 g/mol. The van der Waals surface area contributed by atoms with Crippen molar-refractivity contribution in [3.8, 4) is 0 Å². The summed E-state index contributed by atoms with van der Waals surface area (Å²) < 4.78 is 0. The van der Waals surface area contributed by atoms with E-state index in [1.807, 2.05) is 6.92 Å². The van der Waals surface area contributed by atoms with E-state index in [-0.39, 0.29) is 12.5 Å². The smallest absolute Gasteiger partial charge is 0.320 e. The molecule has 1 amide bonds. The highest BCUT2D eigenvalue weighted by Gasteiger charge is 2.32. The topological polar surface area (TPSA) is 69.6 Å². The Morgan fingerprint density at radius 2 is 2.05 bits per heavy atom. The number of hydrogen-bond donors (Lipinski definition) is 2. The molecule has 0 saturated carbocycles. The second-order valence-corrected chi connectivity index (χ2v) is 5.95. The highest BCUT2D eigenvalue weighted by molar-refractivity contribution is 6.30. The third-order valence-electron chi connectivity index (χ3n) is 3.74. The molecule has 1 aliphatic rings. The van der Waals surface area contributed by atoms with Crippen molar-refractivity contribution in [1.29, 1.82) is 0 Å². The molecule has 1 saturated heterocycles. The van der Waals surface area contributed by atoms with E-state index in [0.717, 1.165) is 6.42 Å². The molecule has 0 aliphatic carbocycles. The second kappa shape index (κ2) is 6.91. The first kappa shape index (κ1) is 15.8. The number of benzene rings is 1. The number of likely N-dealkylation sites (tertiary alicyclic amines) is 1. The third-order valence-corrected chi connectivity index (χ3v) is 3.99. The standard InChI is InChI=1S/C15H19ClN2O3/c1-10-6-7-18(13(8-10)15(20)21)9-14(19)17-12-4-2-11(16)3-5-12/h2-5,10,13H,6-9H2,1H3,(H,17,19)(H,20,21). The summed E-state index contributed by atoms with van der Waals surface area (Å²) in [5, 5.41) is 12.6. The van der Waals surface area contributed by atoms with Crippen LogP contribution in [0.25, 0.3) is 0 Å². The van der Waals surface area contributed by atoms with Crippen LogP contribution in [0.3, 0.4) is 0 Å². The fourth-order valence-electron chi connectivity index (χ4n) is 2.55. The fourth-order valence-corrected chi connectivity index (χ4v) is 2.68. The Kier molecular flexibility index (Phi) is 5.20. The maximum atomic E-state index is 12.0. The van der Waals surface area contributed by atoms with Gasteiger partial charge in [0.2, 0.25) is 5.91 Å². The Bertz CT molecular complexity index is 518. The SMILES string of the molecule is CC1CCN(CC(=O)Nc2ccc(Cl)cc2)C(C(=O)O)C1. The minimum absolute atomic E-state index is 0.0896. The number of amides is 1. The molecular formula is C15H19ClN2O3. The molecular weight excluding hydrogens is 292 g/mol. The van der Waals surface area contributed by atoms with Gasteiger partial charge in [-0.15, -0.1) is 0 Å². The van der Waals surface area contributed by atoms with E-state index in [4.69, 9.17) is 11.6 Å². The van der Waals surface area contributed by atoms with Crippen molar-refractivity contribution < 1.29 is 14.7 Å². The highest BCUT2D eigenvalue weighted by Crippen LogP contribution is 2.22. The number of aliphatic carboxylic acids is 1. The molecule has 1 aliphatic heterocycles. The van der Waals surface area contributed by atoms with E-state index in [1.54, 1.807) is 29.2 Å². The predicted octanol–water partition coefficient (Wildman–Crippen LogP) is 2.46. The summed E-state index contributed by atoms with van der Waals surface area (Å²) in [7, 11) is 0. The van der Waals surface area contributed by atoms with Gasteiger partial charge in [-0.2, -0.15) is 0 Å². The van der Waals surface area contributed by atoms with Crippen molar-refractivity contribution in [2.24, 2.45) is 5.92 Å². The normalized spacial score (nSPS) is 22.8. The lowest BCUT2D eigenvalue weighted by molar-refractivity contribution is -0.145. The van der Waals surface area contributed by atoms with Crippen LogP contribution in [0, 0.1) is 5.92 Å². The molecule has 2 unspecified atom stereocenters. The molecule has 6 heteroatoms. The Morgan fingerprint density at radius 3 is 2.67 bits per heavy atom. The number of carbonyl (C=O) groups excluding carboxylic acids is 1. The van der Waals surface area contributed by atoms with Crippen molar-refractivity contribution in [2.75, 3.05) is 18.4 Å². The lowest BCUT2D eigenvalue weighted by Crippen LogP contribution is -2.49. The Morgan fingerprint density at radius 1 is 1.38 bits per heavy atom. The van der Waals surface area contributed by atoms with Gasteiger partial charge in [0, 0.05) is 10.7 Å². The van der Waals surface area contributed by atoms with E-state index in [0.29, 0.717) is 29.6 Å². The Labute approximate surface area is 128 Å². The van der Waals surface area contributed by atoms with Crippen LogP contribution in [0.5, 0.6) is 0 Å². The van der Waals surface area contributed by atoms with E-state index in [9.17, 15) is 14.7 Å². The molecule has 1 heterocycles. The number of nitrogens with one attached hydrogen (secondary N) is 1. The molecule has 2 atom stereocenters. The number of rotatable bonds is 4. The summed E-state index contributed by atoms with van der Waals surface area (Å²) in [4.78, 5) is 25.1. The van der Waals surface area contributed by atoms with Crippen LogP contribution < -0.4 is 5.32 Å². The number of carbonyl (C=O) groups is 2. The van der Waals surface area contributed by atoms with Gasteiger partial charge in [-0.1, -0.05) is 18.5 Å². The lowest BCUT2D eigenvalue weighted by atomic mass is 9.92. The largest absolute Gasteiger partial charge is 0.480 e. The maximum Gasteiger partial charge on any atom is 0.320 e. The number of carboxylic acids is 1. The average Bonchev–Trinajstić information content (AvgIpc) is 2.43. The maximum absolute atomic E-state index is 12.0. The molecule has 21 heavy (non-hydrogen) atoms. The van der Waals surface area contributed by atoms with Gasteiger partial charge in [0.15, 0.2) is 0 Å². The first-order valence-electron chi connectivity index (χ1n) is 6.98. The van der Waals surface area contributed by atoms with Gasteiger partial charge in [-0.25, -0.2) is 0 Å². The van der Waals surface area contributed by atoms with Gasteiger partial charge >= 0.3 is 5.97 Å². The molecule has 0 radical (unpaired) electrons. The predicted molar refractivity (Wildman–Crippen MR) is 81.5 cm³/mol. The van der Waals surface area contributed by atoms with Crippen molar-refractivity contribution in [3.63, 3.8) is 0 Å². The minimum Gasteiger partial charge on any atom is -0.480 e. The van der Waals surface area contributed by atoms with E-state index < -0.39 is 12.0 Å². The molecule has 1 aromatic rings. The number of carboxylic acid groups (broad SMARTS) is 1. The highest BCUT2D eigenvalue weighted by atomic mass is 35.5. The van der Waals surface area contributed by atoms with Gasteiger partial charge in [0.05, 0.1) is 6.54 Å². The van der Waals surface area contributed by atoms with Crippen molar-refractivity contribution in [3.05, 3.63) is 29.3 Å². The Balaban J connectivity index is 1.94. The fraction of sp³-hybridized carbons (Fsp3) is 0.467. The van der Waals surface area contributed by atoms with Gasteiger partial charge in [0.25, 0.3) is 0 Å². The summed E-state index contributed by atoms with van der Waals surface area (Å²) >= 11 is 5.79. The number of hydrogen-bond acceptors (Lipinski definition) is 3.